The van der Waals surface area contributed by atoms with Crippen LogP contribution in [0.25, 0.3) is 0 Å². The first-order valence-corrected chi connectivity index (χ1v) is 9.35. The third kappa shape index (κ3) is 5.07. The molecule has 2 heterocycles. The fraction of sp³-hybridized carbons (Fsp3) is 0.381. The van der Waals surface area contributed by atoms with Crippen LogP contribution in [0, 0.1) is 0 Å². The minimum absolute atomic E-state index is 0.212. The number of pyridine rings is 1. The fourth-order valence-electron chi connectivity index (χ4n) is 2.95. The zero-order valence-corrected chi connectivity index (χ0v) is 16.5. The number of nitrogens with zero attached hydrogens (tertiary/aromatic N) is 2. The van der Waals surface area contributed by atoms with Crippen LogP contribution in [-0.2, 0) is 4.74 Å². The number of para-hydroxylation sites is 2. The fourth-order valence-corrected chi connectivity index (χ4v) is 2.95. The van der Waals surface area contributed by atoms with Gasteiger partial charge in [0.15, 0.2) is 0 Å². The van der Waals surface area contributed by atoms with E-state index in [1.807, 2.05) is 45.0 Å². The molecule has 2 N–H and O–H groups in total. The highest BCUT2D eigenvalue weighted by Crippen LogP contribution is 2.26. The largest absolute Gasteiger partial charge is 0.378 e. The monoisotopic (exact) mass is 382 g/mol. The summed E-state index contributed by atoms with van der Waals surface area (Å²) in [5, 5.41) is 5.81. The Bertz CT molecular complexity index is 855. The zero-order chi connectivity index (χ0) is 20.1. The molecule has 1 saturated heterocycles. The molecular formula is C21H26N4O3. The summed E-state index contributed by atoms with van der Waals surface area (Å²) >= 11 is 0. The minimum atomic E-state index is -0.381. The van der Waals surface area contributed by atoms with Gasteiger partial charge in [0.2, 0.25) is 0 Å². The highest BCUT2D eigenvalue weighted by Gasteiger charge is 2.19. The summed E-state index contributed by atoms with van der Waals surface area (Å²) < 4.78 is 5.41. The minimum Gasteiger partial charge on any atom is -0.378 e. The molecule has 0 saturated carbocycles. The van der Waals surface area contributed by atoms with Gasteiger partial charge >= 0.3 is 0 Å². The Morgan fingerprint density at radius 1 is 1.07 bits per heavy atom. The highest BCUT2D eigenvalue weighted by atomic mass is 16.5. The van der Waals surface area contributed by atoms with Gasteiger partial charge in [0.05, 0.1) is 24.6 Å². The van der Waals surface area contributed by atoms with E-state index in [9.17, 15) is 9.59 Å². The van der Waals surface area contributed by atoms with Crippen LogP contribution in [0.3, 0.4) is 0 Å². The van der Waals surface area contributed by atoms with E-state index >= 15 is 0 Å². The number of amides is 2. The molecule has 148 valence electrons. The predicted molar refractivity (Wildman–Crippen MR) is 109 cm³/mol. The molecule has 3 rings (SSSR count). The van der Waals surface area contributed by atoms with Gasteiger partial charge in [-0.2, -0.15) is 0 Å². The maximum absolute atomic E-state index is 12.8. The van der Waals surface area contributed by atoms with Crippen molar-refractivity contribution in [1.29, 1.82) is 0 Å². The number of benzene rings is 1. The van der Waals surface area contributed by atoms with Crippen molar-refractivity contribution in [2.24, 2.45) is 0 Å². The van der Waals surface area contributed by atoms with E-state index in [0.717, 1.165) is 24.5 Å². The molecule has 1 aromatic carbocycles. The summed E-state index contributed by atoms with van der Waals surface area (Å²) in [6.45, 7) is 8.56. The number of hydrogen-bond acceptors (Lipinski definition) is 5. The number of carbonyl (C=O) groups is 2. The Balaban J connectivity index is 1.77. The van der Waals surface area contributed by atoms with Crippen molar-refractivity contribution in [3.05, 3.63) is 53.9 Å². The first-order valence-electron chi connectivity index (χ1n) is 9.35. The number of carbonyl (C=O) groups excluding carboxylic acids is 2. The van der Waals surface area contributed by atoms with Crippen molar-refractivity contribution in [2.75, 3.05) is 36.5 Å². The summed E-state index contributed by atoms with van der Waals surface area (Å²) in [7, 11) is 0. The molecule has 0 bridgehead atoms. The SMILES string of the molecule is CC(C)(C)NC(=O)c1cc(C(=O)Nc2ccccc2N2CCOCC2)ccn1. The first-order chi connectivity index (χ1) is 13.3. The predicted octanol–water partition coefficient (Wildman–Crippen LogP) is 2.70. The quantitative estimate of drug-likeness (QED) is 0.849. The van der Waals surface area contributed by atoms with Gasteiger partial charge in [0.1, 0.15) is 5.69 Å². The average molecular weight is 382 g/mol. The Hall–Kier alpha value is -2.93. The van der Waals surface area contributed by atoms with Crippen molar-refractivity contribution in [3.8, 4) is 0 Å². The van der Waals surface area contributed by atoms with Gasteiger partial charge in [0, 0.05) is 30.4 Å². The maximum Gasteiger partial charge on any atom is 0.270 e. The summed E-state index contributed by atoms with van der Waals surface area (Å²) in [5.74, 6) is -0.594. The Morgan fingerprint density at radius 3 is 2.50 bits per heavy atom. The van der Waals surface area contributed by atoms with Crippen molar-refractivity contribution in [2.45, 2.75) is 26.3 Å². The number of aromatic nitrogens is 1. The van der Waals surface area contributed by atoms with Crippen molar-refractivity contribution in [3.63, 3.8) is 0 Å². The van der Waals surface area contributed by atoms with Gasteiger partial charge < -0.3 is 20.3 Å². The van der Waals surface area contributed by atoms with Gasteiger partial charge in [-0.25, -0.2) is 0 Å². The van der Waals surface area contributed by atoms with Crippen LogP contribution < -0.4 is 15.5 Å². The van der Waals surface area contributed by atoms with E-state index < -0.39 is 0 Å². The molecule has 7 heteroatoms. The number of hydrogen-bond donors (Lipinski definition) is 2. The standard InChI is InChI=1S/C21H26N4O3/c1-21(2,3)24-20(27)17-14-15(8-9-22-17)19(26)23-16-6-4-5-7-18(16)25-10-12-28-13-11-25/h4-9,14H,10-13H2,1-3H3,(H,23,26)(H,24,27). The van der Waals surface area contributed by atoms with Crippen LogP contribution in [0.15, 0.2) is 42.6 Å². The number of nitrogens with one attached hydrogen (secondary N) is 2. The van der Waals surface area contributed by atoms with E-state index in [2.05, 4.69) is 20.5 Å². The summed E-state index contributed by atoms with van der Waals surface area (Å²) in [5.41, 5.74) is 1.90. The van der Waals surface area contributed by atoms with E-state index in [0.29, 0.717) is 18.8 Å². The van der Waals surface area contributed by atoms with Crippen LogP contribution in [-0.4, -0.2) is 48.6 Å². The number of anilines is 2. The van der Waals surface area contributed by atoms with Crippen LogP contribution in [0.5, 0.6) is 0 Å². The van der Waals surface area contributed by atoms with Gasteiger partial charge in [-0.3, -0.25) is 14.6 Å². The Kier molecular flexibility index (Phi) is 5.94. The molecule has 1 fully saturated rings. The van der Waals surface area contributed by atoms with Crippen molar-refractivity contribution >= 4 is 23.2 Å². The molecule has 2 aromatic rings. The molecule has 0 radical (unpaired) electrons. The van der Waals surface area contributed by atoms with Gasteiger partial charge in [0.25, 0.3) is 11.8 Å². The summed E-state index contributed by atoms with van der Waals surface area (Å²) in [6, 6.07) is 10.8. The first kappa shape index (κ1) is 19.8. The van der Waals surface area contributed by atoms with E-state index in [1.54, 1.807) is 6.07 Å². The third-order valence-electron chi connectivity index (χ3n) is 4.25. The lowest BCUT2D eigenvalue weighted by Gasteiger charge is -2.30. The molecule has 7 nitrogen and oxygen atoms in total. The molecule has 0 spiro atoms. The van der Waals surface area contributed by atoms with E-state index in [1.165, 1.54) is 12.3 Å². The molecule has 1 aromatic heterocycles. The van der Waals surface area contributed by atoms with Crippen LogP contribution in [0.2, 0.25) is 0 Å². The summed E-state index contributed by atoms with van der Waals surface area (Å²) in [6.07, 6.45) is 1.47. The third-order valence-corrected chi connectivity index (χ3v) is 4.25. The molecule has 1 aliphatic rings. The van der Waals surface area contributed by atoms with Crippen LogP contribution in [0.1, 0.15) is 41.6 Å². The van der Waals surface area contributed by atoms with Crippen LogP contribution >= 0.6 is 0 Å². The second-order valence-electron chi connectivity index (χ2n) is 7.70. The lowest BCUT2D eigenvalue weighted by molar-refractivity contribution is 0.0914. The number of ether oxygens (including phenoxy) is 1. The van der Waals surface area contributed by atoms with Gasteiger partial charge in [-0.15, -0.1) is 0 Å². The van der Waals surface area contributed by atoms with Crippen LogP contribution in [0.4, 0.5) is 11.4 Å². The molecule has 2 amide bonds. The molecule has 1 aliphatic heterocycles. The summed E-state index contributed by atoms with van der Waals surface area (Å²) in [4.78, 5) is 31.4. The lowest BCUT2D eigenvalue weighted by Crippen LogP contribution is -2.41. The number of morpholine rings is 1. The normalized spacial score (nSPS) is 14.5. The van der Waals surface area contributed by atoms with Gasteiger partial charge in [-0.05, 0) is 45.0 Å². The van der Waals surface area contributed by atoms with E-state index in [4.69, 9.17) is 4.74 Å². The second kappa shape index (κ2) is 8.39. The molecular weight excluding hydrogens is 356 g/mol. The highest BCUT2D eigenvalue weighted by molar-refractivity contribution is 6.07. The van der Waals surface area contributed by atoms with Crippen molar-refractivity contribution in [1.82, 2.24) is 10.3 Å². The van der Waals surface area contributed by atoms with E-state index in [-0.39, 0.29) is 23.0 Å². The topological polar surface area (TPSA) is 83.6 Å². The lowest BCUT2D eigenvalue weighted by atomic mass is 10.1. The molecule has 0 atom stereocenters. The van der Waals surface area contributed by atoms with Gasteiger partial charge in [-0.1, -0.05) is 12.1 Å². The average Bonchev–Trinajstić information content (AvgIpc) is 2.68. The number of rotatable bonds is 4. The molecule has 0 unspecified atom stereocenters. The smallest absolute Gasteiger partial charge is 0.270 e. The molecule has 0 aliphatic carbocycles. The zero-order valence-electron chi connectivity index (χ0n) is 16.5. The Morgan fingerprint density at radius 2 is 1.79 bits per heavy atom. The molecule has 28 heavy (non-hydrogen) atoms. The Labute approximate surface area is 165 Å². The van der Waals surface area contributed by atoms with Crippen molar-refractivity contribution < 1.29 is 14.3 Å². The maximum atomic E-state index is 12.8. The second-order valence-corrected chi connectivity index (χ2v) is 7.70.